The highest BCUT2D eigenvalue weighted by Gasteiger charge is 2.46. The maximum atomic E-state index is 6.53. The van der Waals surface area contributed by atoms with Crippen LogP contribution >= 0.6 is 0 Å². The Morgan fingerprint density at radius 1 is 0.893 bits per heavy atom. The number of rotatable bonds is 3. The summed E-state index contributed by atoms with van der Waals surface area (Å²) in [6, 6.07) is 1.14. The standard InChI is InChI=1S/C24H39N2O2/c1-3-26-20-15-18(17-9-5-4-6-10-17)13-14-22(20)28-24(26)16-23-25(2)19-11-7-8-12-21(19)27-23/h16-22H,3-15H2,1-2H3/q+1. The topological polar surface area (TPSA) is 24.7 Å². The van der Waals surface area contributed by atoms with Crippen LogP contribution in [0.2, 0.25) is 0 Å². The van der Waals surface area contributed by atoms with Crippen LogP contribution in [0.5, 0.6) is 0 Å². The molecule has 5 atom stereocenters. The quantitative estimate of drug-likeness (QED) is 0.657. The van der Waals surface area contributed by atoms with Crippen molar-refractivity contribution in [3.63, 3.8) is 0 Å². The lowest BCUT2D eigenvalue weighted by molar-refractivity contribution is -0.533. The average Bonchev–Trinajstić information content (AvgIpc) is 3.25. The molecule has 4 fully saturated rings. The Labute approximate surface area is 171 Å². The van der Waals surface area contributed by atoms with E-state index in [1.165, 1.54) is 77.0 Å². The van der Waals surface area contributed by atoms with E-state index < -0.39 is 0 Å². The Kier molecular flexibility index (Phi) is 5.32. The van der Waals surface area contributed by atoms with E-state index in [0.717, 1.165) is 30.2 Å². The van der Waals surface area contributed by atoms with Gasteiger partial charge in [-0.05, 0) is 57.3 Å². The number of fused-ring (bicyclic) bond motifs is 2. The summed E-state index contributed by atoms with van der Waals surface area (Å²) in [5, 5.41) is 0. The minimum absolute atomic E-state index is 0.389. The first-order valence-electron chi connectivity index (χ1n) is 12.2. The van der Waals surface area contributed by atoms with Crippen molar-refractivity contribution in [3.05, 3.63) is 12.0 Å². The molecular weight excluding hydrogens is 348 g/mol. The Morgan fingerprint density at radius 2 is 1.68 bits per heavy atom. The molecular formula is C24H39N2O2+. The van der Waals surface area contributed by atoms with Crippen LogP contribution in [0.25, 0.3) is 0 Å². The summed E-state index contributed by atoms with van der Waals surface area (Å²) in [6.45, 7) is 3.32. The summed E-state index contributed by atoms with van der Waals surface area (Å²) in [6.07, 6.45) is 19.4. The van der Waals surface area contributed by atoms with Crippen LogP contribution in [-0.4, -0.2) is 53.3 Å². The number of ether oxygens (including phenoxy) is 2. The Balaban J connectivity index is 1.32. The van der Waals surface area contributed by atoms with Crippen molar-refractivity contribution in [1.82, 2.24) is 4.90 Å². The molecule has 4 nitrogen and oxygen atoms in total. The number of likely N-dealkylation sites (N-methyl/N-ethyl adjacent to an activating group) is 2. The summed E-state index contributed by atoms with van der Waals surface area (Å²) in [5.41, 5.74) is 0. The third kappa shape index (κ3) is 3.35. The van der Waals surface area contributed by atoms with Gasteiger partial charge in [-0.15, -0.1) is 0 Å². The lowest BCUT2D eigenvalue weighted by Gasteiger charge is -2.38. The van der Waals surface area contributed by atoms with Crippen molar-refractivity contribution >= 4 is 5.90 Å². The maximum absolute atomic E-state index is 6.53. The minimum Gasteiger partial charge on any atom is -0.473 e. The summed E-state index contributed by atoms with van der Waals surface area (Å²) < 4.78 is 15.3. The molecule has 5 aliphatic rings. The molecule has 4 heteroatoms. The molecule has 5 rings (SSSR count). The first-order valence-corrected chi connectivity index (χ1v) is 12.2. The molecule has 0 N–H and O–H groups in total. The average molecular weight is 388 g/mol. The van der Waals surface area contributed by atoms with E-state index in [0.29, 0.717) is 24.3 Å². The number of hydrogen-bond acceptors (Lipinski definition) is 3. The molecule has 28 heavy (non-hydrogen) atoms. The molecule has 3 aliphatic carbocycles. The van der Waals surface area contributed by atoms with Gasteiger partial charge in [0.2, 0.25) is 0 Å². The molecule has 156 valence electrons. The monoisotopic (exact) mass is 387 g/mol. The van der Waals surface area contributed by atoms with Gasteiger partial charge >= 0.3 is 5.90 Å². The fraction of sp³-hybridized carbons (Fsp3) is 0.875. The summed E-state index contributed by atoms with van der Waals surface area (Å²) in [7, 11) is 2.21. The molecule has 2 heterocycles. The second kappa shape index (κ2) is 7.91. The van der Waals surface area contributed by atoms with Crippen LogP contribution in [0, 0.1) is 11.8 Å². The smallest absolute Gasteiger partial charge is 0.368 e. The van der Waals surface area contributed by atoms with Crippen molar-refractivity contribution < 1.29 is 14.0 Å². The molecule has 1 saturated heterocycles. The summed E-state index contributed by atoms with van der Waals surface area (Å²) >= 11 is 0. The zero-order valence-electron chi connectivity index (χ0n) is 17.9. The second-order valence-electron chi connectivity index (χ2n) is 9.92. The van der Waals surface area contributed by atoms with Gasteiger partial charge in [-0.25, -0.2) is 0 Å². The van der Waals surface area contributed by atoms with Crippen LogP contribution in [0.15, 0.2) is 12.0 Å². The van der Waals surface area contributed by atoms with Crippen molar-refractivity contribution in [2.45, 2.75) is 108 Å². The molecule has 0 aromatic heterocycles. The third-order valence-electron chi connectivity index (χ3n) is 8.44. The molecule has 0 spiro atoms. The van der Waals surface area contributed by atoms with Crippen molar-refractivity contribution in [2.75, 3.05) is 13.6 Å². The number of hydrogen-bond donors (Lipinski definition) is 0. The molecule has 3 saturated carbocycles. The first kappa shape index (κ1) is 18.8. The molecule has 5 unspecified atom stereocenters. The highest BCUT2D eigenvalue weighted by Crippen LogP contribution is 2.44. The Hall–Kier alpha value is -1.19. The number of nitrogens with zero attached hydrogens (tertiary/aromatic N) is 2. The zero-order valence-corrected chi connectivity index (χ0v) is 17.9. The van der Waals surface area contributed by atoms with Crippen LogP contribution in [0.3, 0.4) is 0 Å². The molecule has 0 radical (unpaired) electrons. The van der Waals surface area contributed by atoms with Gasteiger partial charge in [0.25, 0.3) is 0 Å². The lowest BCUT2D eigenvalue weighted by atomic mass is 9.71. The van der Waals surface area contributed by atoms with E-state index in [4.69, 9.17) is 9.47 Å². The zero-order chi connectivity index (χ0) is 19.1. The van der Waals surface area contributed by atoms with Gasteiger partial charge < -0.3 is 14.4 Å². The Morgan fingerprint density at radius 3 is 2.46 bits per heavy atom. The normalized spacial score (nSPS) is 40.3. The second-order valence-corrected chi connectivity index (χ2v) is 9.92. The minimum atomic E-state index is 0.389. The van der Waals surface area contributed by atoms with Gasteiger partial charge in [-0.3, -0.25) is 0 Å². The van der Waals surface area contributed by atoms with E-state index >= 15 is 0 Å². The fourth-order valence-electron chi connectivity index (χ4n) is 6.84. The maximum Gasteiger partial charge on any atom is 0.368 e. The first-order chi connectivity index (χ1) is 13.7. The van der Waals surface area contributed by atoms with Crippen LogP contribution in [0.1, 0.15) is 84.0 Å². The highest BCUT2D eigenvalue weighted by atomic mass is 16.5. The fourth-order valence-corrected chi connectivity index (χ4v) is 6.84. The Bertz CT molecular complexity index is 637. The van der Waals surface area contributed by atoms with Gasteiger partial charge in [-0.2, -0.15) is 4.58 Å². The van der Waals surface area contributed by atoms with Crippen LogP contribution in [-0.2, 0) is 9.47 Å². The van der Waals surface area contributed by atoms with Crippen molar-refractivity contribution in [3.8, 4) is 0 Å². The van der Waals surface area contributed by atoms with E-state index in [1.54, 1.807) is 0 Å². The summed E-state index contributed by atoms with van der Waals surface area (Å²) in [4.78, 5) is 2.55. The van der Waals surface area contributed by atoms with Crippen molar-refractivity contribution in [2.24, 2.45) is 11.8 Å². The SMILES string of the molecule is CCN1C(=CC2=[N+](C)C3CCCCC3O2)OC2CCC(C3CCCCC3)CC21. The van der Waals surface area contributed by atoms with Crippen LogP contribution < -0.4 is 0 Å². The van der Waals surface area contributed by atoms with E-state index in [-0.39, 0.29) is 0 Å². The molecule has 2 aliphatic heterocycles. The predicted octanol–water partition coefficient (Wildman–Crippen LogP) is 4.68. The predicted molar refractivity (Wildman–Crippen MR) is 111 cm³/mol. The molecule has 0 bridgehead atoms. The molecule has 0 amide bonds. The molecule has 0 aromatic carbocycles. The lowest BCUT2D eigenvalue weighted by Crippen LogP contribution is -2.41. The van der Waals surface area contributed by atoms with Gasteiger partial charge in [0, 0.05) is 13.0 Å². The van der Waals surface area contributed by atoms with E-state index in [2.05, 4.69) is 29.5 Å². The molecule has 0 aromatic rings. The highest BCUT2D eigenvalue weighted by molar-refractivity contribution is 5.84. The van der Waals surface area contributed by atoms with Gasteiger partial charge in [-0.1, -0.05) is 32.1 Å². The van der Waals surface area contributed by atoms with Gasteiger partial charge in [0.05, 0.1) is 6.04 Å². The largest absolute Gasteiger partial charge is 0.473 e. The third-order valence-corrected chi connectivity index (χ3v) is 8.44. The van der Waals surface area contributed by atoms with Gasteiger partial charge in [0.15, 0.2) is 18.0 Å². The van der Waals surface area contributed by atoms with Crippen molar-refractivity contribution in [1.29, 1.82) is 0 Å². The van der Waals surface area contributed by atoms with Crippen LogP contribution in [0.4, 0.5) is 0 Å². The van der Waals surface area contributed by atoms with E-state index in [9.17, 15) is 0 Å². The van der Waals surface area contributed by atoms with Gasteiger partial charge in [0.1, 0.15) is 19.2 Å². The van der Waals surface area contributed by atoms with E-state index in [1.807, 2.05) is 0 Å². The summed E-state index contributed by atoms with van der Waals surface area (Å²) in [5.74, 6) is 4.00.